The third-order valence-corrected chi connectivity index (χ3v) is 1.82. The molecule has 2 aromatic rings. The van der Waals surface area contributed by atoms with Crippen LogP contribution in [0.3, 0.4) is 0 Å². The van der Waals surface area contributed by atoms with Crippen molar-refractivity contribution in [3.8, 4) is 11.8 Å². The van der Waals surface area contributed by atoms with E-state index in [1.165, 1.54) is 0 Å². The first-order chi connectivity index (χ1) is 7.45. The van der Waals surface area contributed by atoms with E-state index < -0.39 is 0 Å². The lowest BCUT2D eigenvalue weighted by Gasteiger charge is -1.92. The van der Waals surface area contributed by atoms with E-state index in [0.717, 1.165) is 11.3 Å². The Morgan fingerprint density at radius 3 is 2.87 bits per heavy atom. The summed E-state index contributed by atoms with van der Waals surface area (Å²) >= 11 is 0. The van der Waals surface area contributed by atoms with Gasteiger partial charge in [-0.15, -0.1) is 0 Å². The van der Waals surface area contributed by atoms with Crippen LogP contribution in [0.4, 0.5) is 5.69 Å². The number of nitrogens with zero attached hydrogens (tertiary/aromatic N) is 1. The standard InChI is InChI=1S/C12H10N2O/c1-2-5-11(6-3-1)7-4-8-13-12-9-14-15-10-12/h1-3,5-6,9-10,13H,8H2. The largest absolute Gasteiger partial charge is 0.370 e. The number of benzene rings is 1. The molecule has 1 aromatic heterocycles. The fourth-order valence-electron chi connectivity index (χ4n) is 1.11. The van der Waals surface area contributed by atoms with Gasteiger partial charge in [0.15, 0.2) is 0 Å². The minimum atomic E-state index is 0.579. The summed E-state index contributed by atoms with van der Waals surface area (Å²) in [5, 5.41) is 6.64. The van der Waals surface area contributed by atoms with Crippen molar-refractivity contribution in [2.75, 3.05) is 11.9 Å². The SMILES string of the molecule is C(#Cc1ccccc1)CNc1cnoc1. The van der Waals surface area contributed by atoms with E-state index in [9.17, 15) is 0 Å². The molecule has 0 aliphatic carbocycles. The first-order valence-electron chi connectivity index (χ1n) is 4.62. The molecule has 0 bridgehead atoms. The van der Waals surface area contributed by atoms with Crippen molar-refractivity contribution in [1.29, 1.82) is 0 Å². The van der Waals surface area contributed by atoms with E-state index in [1.807, 2.05) is 30.3 Å². The summed E-state index contributed by atoms with van der Waals surface area (Å²) < 4.78 is 4.67. The van der Waals surface area contributed by atoms with Gasteiger partial charge in [0.25, 0.3) is 0 Å². The van der Waals surface area contributed by atoms with Gasteiger partial charge in [-0.3, -0.25) is 0 Å². The number of aromatic nitrogens is 1. The average Bonchev–Trinajstić information content (AvgIpc) is 2.79. The second-order valence-corrected chi connectivity index (χ2v) is 2.93. The van der Waals surface area contributed by atoms with Crippen molar-refractivity contribution in [2.45, 2.75) is 0 Å². The first-order valence-corrected chi connectivity index (χ1v) is 4.62. The Hall–Kier alpha value is -2.21. The molecule has 3 heteroatoms. The van der Waals surface area contributed by atoms with E-state index >= 15 is 0 Å². The Kier molecular flexibility index (Phi) is 3.03. The summed E-state index contributed by atoms with van der Waals surface area (Å²) in [6.07, 6.45) is 3.16. The van der Waals surface area contributed by atoms with Crippen molar-refractivity contribution in [1.82, 2.24) is 5.16 Å². The van der Waals surface area contributed by atoms with Crippen LogP contribution in [-0.2, 0) is 0 Å². The fraction of sp³-hybridized carbons (Fsp3) is 0.0833. The molecule has 2 rings (SSSR count). The van der Waals surface area contributed by atoms with Gasteiger partial charge in [-0.2, -0.15) is 0 Å². The third-order valence-electron chi connectivity index (χ3n) is 1.82. The Morgan fingerprint density at radius 1 is 1.27 bits per heavy atom. The van der Waals surface area contributed by atoms with E-state index in [4.69, 9.17) is 0 Å². The molecule has 0 fully saturated rings. The molecule has 0 atom stereocenters. The van der Waals surface area contributed by atoms with Gasteiger partial charge in [-0.25, -0.2) is 0 Å². The van der Waals surface area contributed by atoms with Gasteiger partial charge in [-0.1, -0.05) is 35.2 Å². The van der Waals surface area contributed by atoms with E-state index in [2.05, 4.69) is 26.8 Å². The van der Waals surface area contributed by atoms with Crippen molar-refractivity contribution < 1.29 is 4.52 Å². The van der Waals surface area contributed by atoms with Gasteiger partial charge in [0.1, 0.15) is 6.26 Å². The highest BCUT2D eigenvalue weighted by molar-refractivity contribution is 5.40. The quantitative estimate of drug-likeness (QED) is 0.751. The lowest BCUT2D eigenvalue weighted by Crippen LogP contribution is -1.96. The highest BCUT2D eigenvalue weighted by atomic mass is 16.5. The molecular formula is C12H10N2O. The molecule has 15 heavy (non-hydrogen) atoms. The van der Waals surface area contributed by atoms with Crippen molar-refractivity contribution >= 4 is 5.69 Å². The molecule has 74 valence electrons. The van der Waals surface area contributed by atoms with Crippen LogP contribution in [0.25, 0.3) is 0 Å². The zero-order valence-corrected chi connectivity index (χ0v) is 8.10. The number of hydrogen-bond acceptors (Lipinski definition) is 3. The normalized spacial score (nSPS) is 9.07. The van der Waals surface area contributed by atoms with E-state index in [-0.39, 0.29) is 0 Å². The Labute approximate surface area is 88.1 Å². The molecule has 0 aliphatic heterocycles. The molecule has 0 amide bonds. The lowest BCUT2D eigenvalue weighted by atomic mass is 10.2. The number of anilines is 1. The van der Waals surface area contributed by atoms with Gasteiger partial charge in [0, 0.05) is 5.56 Å². The molecule has 1 heterocycles. The smallest absolute Gasteiger partial charge is 0.146 e. The summed E-state index contributed by atoms with van der Waals surface area (Å²) in [4.78, 5) is 0. The maximum atomic E-state index is 4.67. The second kappa shape index (κ2) is 4.87. The molecule has 0 unspecified atom stereocenters. The van der Waals surface area contributed by atoms with Crippen LogP contribution in [0.1, 0.15) is 5.56 Å². The Bertz CT molecular complexity index is 451. The molecule has 0 aliphatic rings. The topological polar surface area (TPSA) is 38.1 Å². The zero-order chi connectivity index (χ0) is 10.3. The average molecular weight is 198 g/mol. The van der Waals surface area contributed by atoms with Gasteiger partial charge in [-0.05, 0) is 12.1 Å². The van der Waals surface area contributed by atoms with Crippen molar-refractivity contribution in [3.63, 3.8) is 0 Å². The summed E-state index contributed by atoms with van der Waals surface area (Å²) in [6, 6.07) is 9.87. The van der Waals surface area contributed by atoms with Crippen molar-refractivity contribution in [3.05, 3.63) is 48.4 Å². The molecule has 0 saturated heterocycles. The van der Waals surface area contributed by atoms with E-state index in [0.29, 0.717) is 6.54 Å². The van der Waals surface area contributed by atoms with Gasteiger partial charge < -0.3 is 9.84 Å². The van der Waals surface area contributed by atoms with Crippen LogP contribution >= 0.6 is 0 Å². The maximum Gasteiger partial charge on any atom is 0.146 e. The molecule has 1 N–H and O–H groups in total. The van der Waals surface area contributed by atoms with Crippen LogP contribution in [0, 0.1) is 11.8 Å². The molecule has 0 saturated carbocycles. The molecule has 1 aromatic carbocycles. The number of nitrogens with one attached hydrogen (secondary N) is 1. The third kappa shape index (κ3) is 2.89. The van der Waals surface area contributed by atoms with Crippen LogP contribution in [0.15, 0.2) is 47.3 Å². The first kappa shape index (κ1) is 9.35. The molecule has 0 spiro atoms. The van der Waals surface area contributed by atoms with Gasteiger partial charge in [0.05, 0.1) is 18.4 Å². The molecule has 0 radical (unpaired) electrons. The predicted octanol–water partition coefficient (Wildman–Crippen LogP) is 2.14. The minimum absolute atomic E-state index is 0.579. The monoisotopic (exact) mass is 198 g/mol. The van der Waals surface area contributed by atoms with Crippen LogP contribution in [0.5, 0.6) is 0 Å². The van der Waals surface area contributed by atoms with Gasteiger partial charge in [0.2, 0.25) is 0 Å². The summed E-state index contributed by atoms with van der Waals surface area (Å²) in [5.74, 6) is 6.05. The lowest BCUT2D eigenvalue weighted by molar-refractivity contribution is 0.420. The minimum Gasteiger partial charge on any atom is -0.370 e. The van der Waals surface area contributed by atoms with Crippen molar-refractivity contribution in [2.24, 2.45) is 0 Å². The fourth-order valence-corrected chi connectivity index (χ4v) is 1.11. The highest BCUT2D eigenvalue weighted by Gasteiger charge is 1.89. The summed E-state index contributed by atoms with van der Waals surface area (Å²) in [7, 11) is 0. The number of rotatable bonds is 2. The summed E-state index contributed by atoms with van der Waals surface area (Å²) in [6.45, 7) is 0.579. The number of hydrogen-bond donors (Lipinski definition) is 1. The van der Waals surface area contributed by atoms with Crippen LogP contribution < -0.4 is 5.32 Å². The predicted molar refractivity (Wildman–Crippen MR) is 58.3 cm³/mol. The van der Waals surface area contributed by atoms with Crippen LogP contribution in [0.2, 0.25) is 0 Å². The second-order valence-electron chi connectivity index (χ2n) is 2.93. The Balaban J connectivity index is 1.86. The van der Waals surface area contributed by atoms with Crippen LogP contribution in [-0.4, -0.2) is 11.7 Å². The van der Waals surface area contributed by atoms with E-state index in [1.54, 1.807) is 12.5 Å². The molecular weight excluding hydrogens is 188 g/mol. The Morgan fingerprint density at radius 2 is 2.13 bits per heavy atom. The summed E-state index contributed by atoms with van der Waals surface area (Å²) in [5.41, 5.74) is 1.86. The van der Waals surface area contributed by atoms with Gasteiger partial charge >= 0.3 is 0 Å². The maximum absolute atomic E-state index is 4.67. The zero-order valence-electron chi connectivity index (χ0n) is 8.10. The molecule has 3 nitrogen and oxygen atoms in total. The highest BCUT2D eigenvalue weighted by Crippen LogP contribution is 2.01.